The molecule has 30 heavy (non-hydrogen) atoms. The molecule has 0 radical (unpaired) electrons. The molecule has 2 aliphatic rings. The fraction of sp³-hybridized carbons (Fsp3) is 0.375. The van der Waals surface area contributed by atoms with E-state index in [1.807, 2.05) is 31.2 Å². The molecular weight excluding hydrogens is 380 g/mol. The average molecular weight is 406 g/mol. The maximum atomic E-state index is 12.9. The molecule has 1 heterocycles. The summed E-state index contributed by atoms with van der Waals surface area (Å²) in [5, 5.41) is 5.79. The van der Waals surface area contributed by atoms with Crippen molar-refractivity contribution in [3.8, 4) is 0 Å². The Hall–Kier alpha value is -3.15. The molecule has 2 N–H and O–H groups in total. The number of carbonyl (C=O) groups is 3. The van der Waals surface area contributed by atoms with Crippen molar-refractivity contribution in [3.05, 3.63) is 59.7 Å². The van der Waals surface area contributed by atoms with Gasteiger partial charge in [0.15, 0.2) is 0 Å². The van der Waals surface area contributed by atoms with Crippen LogP contribution < -0.4 is 10.6 Å². The molecule has 0 aromatic heterocycles. The van der Waals surface area contributed by atoms with Gasteiger partial charge >= 0.3 is 5.97 Å². The lowest BCUT2D eigenvalue weighted by Crippen LogP contribution is -2.43. The van der Waals surface area contributed by atoms with Crippen molar-refractivity contribution in [1.29, 1.82) is 0 Å². The van der Waals surface area contributed by atoms with Crippen molar-refractivity contribution in [2.75, 3.05) is 10.6 Å². The van der Waals surface area contributed by atoms with Crippen LogP contribution in [0.2, 0.25) is 0 Å². The molecule has 1 aliphatic carbocycles. The molecule has 2 amide bonds. The number of ether oxygens (including phenoxy) is 1. The molecule has 6 nitrogen and oxygen atoms in total. The zero-order valence-electron chi connectivity index (χ0n) is 17.1. The Morgan fingerprint density at radius 1 is 0.967 bits per heavy atom. The average Bonchev–Trinajstić information content (AvgIpc) is 3.06. The quantitative estimate of drug-likeness (QED) is 0.735. The summed E-state index contributed by atoms with van der Waals surface area (Å²) >= 11 is 0. The first-order valence-electron chi connectivity index (χ1n) is 10.5. The van der Waals surface area contributed by atoms with Crippen molar-refractivity contribution in [2.45, 2.75) is 51.0 Å². The Kier molecular flexibility index (Phi) is 5.57. The maximum Gasteiger partial charge on any atom is 0.307 e. The van der Waals surface area contributed by atoms with E-state index >= 15 is 0 Å². The molecule has 0 bridgehead atoms. The summed E-state index contributed by atoms with van der Waals surface area (Å²) in [6.45, 7) is 1.94. The molecule has 0 unspecified atom stereocenters. The van der Waals surface area contributed by atoms with Gasteiger partial charge in [-0.25, -0.2) is 0 Å². The van der Waals surface area contributed by atoms with Crippen LogP contribution in [0.25, 0.3) is 0 Å². The molecule has 2 aromatic rings. The van der Waals surface area contributed by atoms with Crippen LogP contribution >= 0.6 is 0 Å². The number of para-hydroxylation sites is 1. The third-order valence-corrected chi connectivity index (χ3v) is 6.15. The van der Waals surface area contributed by atoms with E-state index in [1.165, 1.54) is 0 Å². The number of carbonyl (C=O) groups excluding carboxylic acids is 3. The van der Waals surface area contributed by atoms with E-state index in [2.05, 4.69) is 10.6 Å². The molecule has 6 heteroatoms. The second-order valence-electron chi connectivity index (χ2n) is 8.19. The molecule has 1 aliphatic heterocycles. The van der Waals surface area contributed by atoms with Gasteiger partial charge in [-0.2, -0.15) is 0 Å². The van der Waals surface area contributed by atoms with E-state index < -0.39 is 11.5 Å². The molecular formula is C24H26N2O4. The van der Waals surface area contributed by atoms with Crippen LogP contribution in [-0.4, -0.2) is 23.4 Å². The van der Waals surface area contributed by atoms with Crippen molar-refractivity contribution in [1.82, 2.24) is 0 Å². The third kappa shape index (κ3) is 4.08. The largest absolute Gasteiger partial charge is 0.458 e. The standard InChI is InChI=1S/C24H26N2O4/c1-16-7-3-4-8-20(16)26-22(28)17-9-11-18(12-10-17)25-23(29)19-15-21(27)30-24(19)13-5-2-6-14-24/h3-4,7-12,19H,2,5-6,13-15H2,1H3,(H,25,29)(H,26,28)/t19-/m0/s1. The van der Waals surface area contributed by atoms with Crippen molar-refractivity contribution in [3.63, 3.8) is 0 Å². The van der Waals surface area contributed by atoms with Gasteiger partial charge < -0.3 is 15.4 Å². The van der Waals surface area contributed by atoms with Crippen molar-refractivity contribution < 1.29 is 19.1 Å². The Morgan fingerprint density at radius 3 is 2.37 bits per heavy atom. The van der Waals surface area contributed by atoms with Gasteiger partial charge in [0, 0.05) is 16.9 Å². The summed E-state index contributed by atoms with van der Waals surface area (Å²) < 4.78 is 5.63. The number of rotatable bonds is 4. The predicted octanol–water partition coefficient (Wildman–Crippen LogP) is 4.45. The van der Waals surface area contributed by atoms with Crippen LogP contribution in [0.4, 0.5) is 11.4 Å². The lowest BCUT2D eigenvalue weighted by atomic mass is 9.75. The van der Waals surface area contributed by atoms with Gasteiger partial charge in [-0.3, -0.25) is 14.4 Å². The summed E-state index contributed by atoms with van der Waals surface area (Å²) in [4.78, 5) is 37.3. The smallest absolute Gasteiger partial charge is 0.307 e. The van der Waals surface area contributed by atoms with E-state index in [0.717, 1.165) is 43.4 Å². The number of hydrogen-bond donors (Lipinski definition) is 2. The van der Waals surface area contributed by atoms with Crippen LogP contribution in [0.1, 0.15) is 54.4 Å². The molecule has 4 rings (SSSR count). The lowest BCUT2D eigenvalue weighted by molar-refractivity contribution is -0.153. The molecule has 1 saturated heterocycles. The van der Waals surface area contributed by atoms with Crippen molar-refractivity contribution in [2.24, 2.45) is 5.92 Å². The van der Waals surface area contributed by atoms with Crippen LogP contribution in [0, 0.1) is 12.8 Å². The number of hydrogen-bond acceptors (Lipinski definition) is 4. The normalized spacial score (nSPS) is 19.9. The monoisotopic (exact) mass is 406 g/mol. The van der Waals surface area contributed by atoms with Crippen LogP contribution in [0.3, 0.4) is 0 Å². The van der Waals surface area contributed by atoms with Gasteiger partial charge in [-0.05, 0) is 68.5 Å². The van der Waals surface area contributed by atoms with Gasteiger partial charge in [0.25, 0.3) is 5.91 Å². The molecule has 1 saturated carbocycles. The van der Waals surface area contributed by atoms with E-state index in [0.29, 0.717) is 11.3 Å². The van der Waals surface area contributed by atoms with E-state index in [4.69, 9.17) is 4.74 Å². The lowest BCUT2D eigenvalue weighted by Gasteiger charge is -2.36. The van der Waals surface area contributed by atoms with E-state index in [1.54, 1.807) is 24.3 Å². The summed E-state index contributed by atoms with van der Waals surface area (Å²) in [5.41, 5.74) is 2.20. The number of nitrogens with one attached hydrogen (secondary N) is 2. The van der Waals surface area contributed by atoms with E-state index in [-0.39, 0.29) is 24.2 Å². The zero-order chi connectivity index (χ0) is 21.1. The minimum atomic E-state index is -0.646. The number of esters is 1. The van der Waals surface area contributed by atoms with Gasteiger partial charge in [0.2, 0.25) is 5.91 Å². The molecule has 1 spiro atoms. The van der Waals surface area contributed by atoms with Crippen LogP contribution in [0.5, 0.6) is 0 Å². The van der Waals surface area contributed by atoms with Crippen molar-refractivity contribution >= 4 is 29.2 Å². The van der Waals surface area contributed by atoms with Crippen LogP contribution in [0.15, 0.2) is 48.5 Å². The first kappa shape index (κ1) is 20.1. The molecule has 2 aromatic carbocycles. The maximum absolute atomic E-state index is 12.9. The Morgan fingerprint density at radius 2 is 1.67 bits per heavy atom. The Bertz CT molecular complexity index is 961. The molecule has 156 valence electrons. The highest BCUT2D eigenvalue weighted by Crippen LogP contribution is 2.44. The number of anilines is 2. The first-order chi connectivity index (χ1) is 14.5. The SMILES string of the molecule is Cc1ccccc1NC(=O)c1ccc(NC(=O)[C@@H]2CC(=O)OC23CCCCC3)cc1. The summed E-state index contributed by atoms with van der Waals surface area (Å²) in [5.74, 6) is -1.16. The fourth-order valence-corrected chi connectivity index (χ4v) is 4.47. The second kappa shape index (κ2) is 8.30. The highest BCUT2D eigenvalue weighted by molar-refractivity contribution is 6.05. The second-order valence-corrected chi connectivity index (χ2v) is 8.19. The van der Waals surface area contributed by atoms with Gasteiger partial charge in [-0.1, -0.05) is 24.6 Å². The van der Waals surface area contributed by atoms with Crippen LogP contribution in [-0.2, 0) is 14.3 Å². The highest BCUT2D eigenvalue weighted by atomic mass is 16.6. The summed E-state index contributed by atoms with van der Waals surface area (Å²) in [7, 11) is 0. The predicted molar refractivity (Wildman–Crippen MR) is 114 cm³/mol. The first-order valence-corrected chi connectivity index (χ1v) is 10.5. The fourth-order valence-electron chi connectivity index (χ4n) is 4.47. The number of aryl methyl sites for hydroxylation is 1. The topological polar surface area (TPSA) is 84.5 Å². The minimum Gasteiger partial charge on any atom is -0.458 e. The van der Waals surface area contributed by atoms with Gasteiger partial charge in [0.1, 0.15) is 5.60 Å². The van der Waals surface area contributed by atoms with Gasteiger partial charge in [0.05, 0.1) is 12.3 Å². The Labute approximate surface area is 176 Å². The Balaban J connectivity index is 1.42. The number of benzene rings is 2. The van der Waals surface area contributed by atoms with Gasteiger partial charge in [-0.15, -0.1) is 0 Å². The summed E-state index contributed by atoms with van der Waals surface area (Å²) in [6.07, 6.45) is 4.68. The zero-order valence-corrected chi connectivity index (χ0v) is 17.1. The number of amides is 2. The molecule has 2 fully saturated rings. The highest BCUT2D eigenvalue weighted by Gasteiger charge is 2.52. The minimum absolute atomic E-state index is 0.128. The third-order valence-electron chi connectivity index (χ3n) is 6.15. The van der Waals surface area contributed by atoms with E-state index in [9.17, 15) is 14.4 Å². The molecule has 1 atom stereocenters. The summed E-state index contributed by atoms with van der Waals surface area (Å²) in [6, 6.07) is 14.3.